The lowest BCUT2D eigenvalue weighted by molar-refractivity contribution is -0.138. The van der Waals surface area contributed by atoms with Crippen LogP contribution < -0.4 is 0 Å². The fourth-order valence-electron chi connectivity index (χ4n) is 11.1. The van der Waals surface area contributed by atoms with Crippen molar-refractivity contribution in [3.63, 3.8) is 0 Å². The van der Waals surface area contributed by atoms with E-state index in [-0.39, 0.29) is 11.4 Å². The number of benzene rings is 10. The third-order valence-corrected chi connectivity index (χ3v) is 14.8. The lowest BCUT2D eigenvalue weighted by Crippen LogP contribution is -2.12. The fraction of sp³-hybridized carbons (Fsp3) is 0.0909. The average molecular weight is 981 g/mol. The van der Waals surface area contributed by atoms with Crippen molar-refractivity contribution in [2.75, 3.05) is 0 Å². The van der Waals surface area contributed by atoms with Crippen molar-refractivity contribution >= 4 is 43.6 Å². The van der Waals surface area contributed by atoms with Crippen LogP contribution in [-0.4, -0.2) is 9.13 Å². The van der Waals surface area contributed by atoms with Crippen molar-refractivity contribution in [3.05, 3.63) is 240 Å². The number of rotatable bonds is 7. The van der Waals surface area contributed by atoms with E-state index < -0.39 is 23.5 Å². The molecule has 2 nitrogen and oxygen atoms in total. The summed E-state index contributed by atoms with van der Waals surface area (Å²) in [5.41, 5.74) is 12.7. The lowest BCUT2D eigenvalue weighted by atomic mass is 9.97. The molecule has 74 heavy (non-hydrogen) atoms. The summed E-state index contributed by atoms with van der Waals surface area (Å²) in [6.07, 6.45) is -9.58. The SMILES string of the molecule is Cc1ccccc1-c1ccc2c(c1)c1cc(-c3ccccc3C)ccc1n2-c1cc(-c2ccc(C(F)(F)F)c(-n3c4ccc(-c5ccccc5C)cc4c4cc(-c5ccccc5C)ccc43)c2)ccc1C(F)(F)F. The van der Waals surface area contributed by atoms with Gasteiger partial charge in [-0.2, -0.15) is 26.3 Å². The summed E-state index contributed by atoms with van der Waals surface area (Å²) in [5.74, 6) is 0. The van der Waals surface area contributed by atoms with Crippen LogP contribution in [0.5, 0.6) is 0 Å². The van der Waals surface area contributed by atoms with Crippen molar-refractivity contribution in [1.82, 2.24) is 9.13 Å². The second-order valence-corrected chi connectivity index (χ2v) is 19.3. The van der Waals surface area contributed by atoms with Gasteiger partial charge in [-0.05, 0) is 178 Å². The first-order valence-electron chi connectivity index (χ1n) is 24.5. The van der Waals surface area contributed by atoms with Gasteiger partial charge in [-0.25, -0.2) is 0 Å². The number of hydrogen-bond donors (Lipinski definition) is 0. The van der Waals surface area contributed by atoms with Gasteiger partial charge in [-0.1, -0.05) is 133 Å². The van der Waals surface area contributed by atoms with Crippen molar-refractivity contribution in [2.24, 2.45) is 0 Å². The van der Waals surface area contributed by atoms with Crippen LogP contribution in [0.1, 0.15) is 33.4 Å². The monoisotopic (exact) mass is 980 g/mol. The predicted molar refractivity (Wildman–Crippen MR) is 291 cm³/mol. The number of fused-ring (bicyclic) bond motifs is 6. The van der Waals surface area contributed by atoms with Gasteiger partial charge in [0.1, 0.15) is 0 Å². The van der Waals surface area contributed by atoms with E-state index in [9.17, 15) is 0 Å². The molecule has 0 saturated carbocycles. The normalized spacial score (nSPS) is 12.2. The highest BCUT2D eigenvalue weighted by Gasteiger charge is 2.37. The Bertz CT molecular complexity index is 3750. The summed E-state index contributed by atoms with van der Waals surface area (Å²) in [7, 11) is 0. The third-order valence-electron chi connectivity index (χ3n) is 14.8. The molecule has 0 aliphatic rings. The minimum Gasteiger partial charge on any atom is -0.309 e. The first kappa shape index (κ1) is 46.5. The first-order chi connectivity index (χ1) is 35.6. The highest BCUT2D eigenvalue weighted by atomic mass is 19.4. The van der Waals surface area contributed by atoms with Crippen LogP contribution in [0.4, 0.5) is 26.3 Å². The second kappa shape index (κ2) is 17.6. The Balaban J connectivity index is 1.10. The Labute approximate surface area is 424 Å². The van der Waals surface area contributed by atoms with Crippen molar-refractivity contribution in [2.45, 2.75) is 40.0 Å². The molecule has 0 fully saturated rings. The predicted octanol–water partition coefficient (Wildman–Crippen LogP) is 19.5. The van der Waals surface area contributed by atoms with E-state index >= 15 is 26.3 Å². The molecule has 362 valence electrons. The Kier molecular flexibility index (Phi) is 11.0. The molecular formula is C66H46F6N2. The molecule has 0 aliphatic heterocycles. The van der Waals surface area contributed by atoms with Crippen molar-refractivity contribution < 1.29 is 26.3 Å². The summed E-state index contributed by atoms with van der Waals surface area (Å²) in [5, 5.41) is 3.03. The Morgan fingerprint density at radius 3 is 0.757 bits per heavy atom. The maximum atomic E-state index is 15.5. The fourth-order valence-corrected chi connectivity index (χ4v) is 11.1. The smallest absolute Gasteiger partial charge is 0.309 e. The Morgan fingerprint density at radius 2 is 0.514 bits per heavy atom. The first-order valence-corrected chi connectivity index (χ1v) is 24.5. The van der Waals surface area contributed by atoms with Gasteiger partial charge in [0.2, 0.25) is 0 Å². The van der Waals surface area contributed by atoms with Gasteiger partial charge in [0.15, 0.2) is 0 Å². The zero-order chi connectivity index (χ0) is 51.2. The van der Waals surface area contributed by atoms with E-state index in [4.69, 9.17) is 0 Å². The molecule has 12 aromatic rings. The zero-order valence-corrected chi connectivity index (χ0v) is 40.8. The molecule has 0 radical (unpaired) electrons. The molecule has 12 rings (SSSR count). The number of nitrogens with zero attached hydrogens (tertiary/aromatic N) is 2. The van der Waals surface area contributed by atoms with E-state index in [2.05, 4.69) is 0 Å². The highest BCUT2D eigenvalue weighted by Crippen LogP contribution is 2.46. The van der Waals surface area contributed by atoms with Crippen LogP contribution >= 0.6 is 0 Å². The van der Waals surface area contributed by atoms with Crippen molar-refractivity contribution in [3.8, 4) is 67.0 Å². The van der Waals surface area contributed by atoms with Crippen molar-refractivity contribution in [1.29, 1.82) is 0 Å². The quantitative estimate of drug-likeness (QED) is 0.141. The van der Waals surface area contributed by atoms with E-state index in [0.717, 1.165) is 100 Å². The standard InChI is InChI=1S/C66H46F6N2/c1-39-13-5-9-17-49(39)45-23-29-59-53(33-45)54-34-46(50-18-10-6-14-40(50)2)24-30-60(54)73(59)63-37-43(21-27-57(63)65(67,68)69)44-22-28-58(66(70,71)72)64(38-44)74-61-31-25-47(51-19-11-7-15-41(51)3)35-55(61)56-36-48(26-32-62(56)74)52-20-12-8-16-42(52)4/h5-38H,1-4H3. The van der Waals surface area contributed by atoms with Crippen LogP contribution in [0.25, 0.3) is 111 Å². The molecular weight excluding hydrogens is 935 g/mol. The van der Waals surface area contributed by atoms with Gasteiger partial charge in [-0.3, -0.25) is 0 Å². The maximum Gasteiger partial charge on any atom is 0.418 e. The molecule has 2 heterocycles. The Hall–Kier alpha value is -8.62. The largest absolute Gasteiger partial charge is 0.418 e. The molecule has 0 N–H and O–H groups in total. The van der Waals surface area contributed by atoms with Crippen LogP contribution in [-0.2, 0) is 12.4 Å². The van der Waals surface area contributed by atoms with Gasteiger partial charge in [0.25, 0.3) is 0 Å². The second-order valence-electron chi connectivity index (χ2n) is 19.3. The average Bonchev–Trinajstić information content (AvgIpc) is 3.89. The number of aryl methyl sites for hydroxylation is 4. The van der Waals surface area contributed by atoms with Gasteiger partial charge < -0.3 is 9.13 Å². The molecule has 8 heteroatoms. The molecule has 0 bridgehead atoms. The lowest BCUT2D eigenvalue weighted by Gasteiger charge is -2.20. The molecule has 0 aliphatic carbocycles. The van der Waals surface area contributed by atoms with Crippen LogP contribution in [0.2, 0.25) is 0 Å². The minimum absolute atomic E-state index is 0.145. The maximum absolute atomic E-state index is 15.5. The third kappa shape index (κ3) is 7.84. The van der Waals surface area contributed by atoms with Crippen LogP contribution in [0.15, 0.2) is 206 Å². The summed E-state index contributed by atoms with van der Waals surface area (Å²) < 4.78 is 96.5. The van der Waals surface area contributed by atoms with E-state index in [0.29, 0.717) is 33.2 Å². The van der Waals surface area contributed by atoms with Crippen LogP contribution in [0.3, 0.4) is 0 Å². The van der Waals surface area contributed by atoms with Gasteiger partial charge in [0.05, 0.1) is 44.6 Å². The molecule has 0 amide bonds. The highest BCUT2D eigenvalue weighted by molar-refractivity contribution is 6.13. The zero-order valence-electron chi connectivity index (χ0n) is 40.8. The molecule has 2 aromatic heterocycles. The van der Waals surface area contributed by atoms with Gasteiger partial charge in [0, 0.05) is 21.5 Å². The number of alkyl halides is 6. The summed E-state index contributed by atoms with van der Waals surface area (Å²) in [4.78, 5) is 0. The summed E-state index contributed by atoms with van der Waals surface area (Å²) in [6.45, 7) is 8.11. The molecule has 0 unspecified atom stereocenters. The summed E-state index contributed by atoms with van der Waals surface area (Å²) in [6, 6.07) is 63.0. The number of hydrogen-bond acceptors (Lipinski definition) is 0. The Morgan fingerprint density at radius 1 is 0.270 bits per heavy atom. The molecule has 10 aromatic carbocycles. The number of halogens is 6. The number of aromatic nitrogens is 2. The molecule has 0 saturated heterocycles. The summed E-state index contributed by atoms with van der Waals surface area (Å²) >= 11 is 0. The molecule has 0 atom stereocenters. The molecule has 0 spiro atoms. The van der Waals surface area contributed by atoms with Gasteiger partial charge in [-0.15, -0.1) is 0 Å². The van der Waals surface area contributed by atoms with E-state index in [1.54, 1.807) is 9.13 Å². The topological polar surface area (TPSA) is 9.86 Å². The van der Waals surface area contributed by atoms with Crippen LogP contribution in [0, 0.1) is 27.7 Å². The minimum atomic E-state index is -4.79. The van der Waals surface area contributed by atoms with E-state index in [1.807, 2.05) is 198 Å². The van der Waals surface area contributed by atoms with E-state index in [1.165, 1.54) is 24.3 Å². The van der Waals surface area contributed by atoms with Gasteiger partial charge >= 0.3 is 12.4 Å².